The van der Waals surface area contributed by atoms with Gasteiger partial charge in [0.2, 0.25) is 0 Å². The van der Waals surface area contributed by atoms with Crippen LogP contribution in [0.4, 0.5) is 4.39 Å². The molecule has 25 heavy (non-hydrogen) atoms. The fraction of sp³-hybridized carbons (Fsp3) is 0.350. The van der Waals surface area contributed by atoms with Crippen molar-refractivity contribution >= 4 is 21.8 Å². The van der Waals surface area contributed by atoms with Crippen LogP contribution in [0.2, 0.25) is 0 Å². The van der Waals surface area contributed by atoms with Gasteiger partial charge in [0.15, 0.2) is 0 Å². The van der Waals surface area contributed by atoms with E-state index in [4.69, 9.17) is 0 Å². The predicted octanol–water partition coefficient (Wildman–Crippen LogP) is 3.98. The lowest BCUT2D eigenvalue weighted by Crippen LogP contribution is -2.53. The van der Waals surface area contributed by atoms with Crippen LogP contribution in [-0.2, 0) is 6.54 Å². The highest BCUT2D eigenvalue weighted by atomic mass is 79.9. The topological polar surface area (TPSA) is 32.3 Å². The van der Waals surface area contributed by atoms with Crippen molar-refractivity contribution in [3.63, 3.8) is 0 Å². The normalized spacial score (nSPS) is 24.8. The number of nitrogens with zero attached hydrogens (tertiary/aromatic N) is 1. The summed E-state index contributed by atoms with van der Waals surface area (Å²) in [5, 5.41) is 3.02. The third-order valence-corrected chi connectivity index (χ3v) is 6.11. The van der Waals surface area contributed by atoms with Gasteiger partial charge in [-0.2, -0.15) is 0 Å². The van der Waals surface area contributed by atoms with Gasteiger partial charge in [0, 0.05) is 30.7 Å². The standard InChI is InChI=1S/C20H20BrFN2O/c21-17-7-6-16(8-18(17)22)19(25)23-13-20-9-15(10-20)12-24(20)11-14-4-2-1-3-5-14/h1-8,15H,9-13H2,(H,23,25). The third kappa shape index (κ3) is 3.23. The van der Waals surface area contributed by atoms with Crippen molar-refractivity contribution in [3.8, 4) is 0 Å². The zero-order valence-electron chi connectivity index (χ0n) is 13.8. The molecule has 130 valence electrons. The molecule has 0 atom stereocenters. The van der Waals surface area contributed by atoms with Crippen molar-refractivity contribution in [2.75, 3.05) is 13.1 Å². The Morgan fingerprint density at radius 2 is 2.00 bits per heavy atom. The molecule has 0 aromatic heterocycles. The van der Waals surface area contributed by atoms with Crippen LogP contribution in [0.5, 0.6) is 0 Å². The molecule has 1 amide bonds. The van der Waals surface area contributed by atoms with Gasteiger partial charge in [0.25, 0.3) is 5.91 Å². The Hall–Kier alpha value is -1.72. The summed E-state index contributed by atoms with van der Waals surface area (Å²) in [5.41, 5.74) is 1.72. The predicted molar refractivity (Wildman–Crippen MR) is 98.7 cm³/mol. The minimum atomic E-state index is -0.416. The summed E-state index contributed by atoms with van der Waals surface area (Å²) in [4.78, 5) is 14.9. The Labute approximate surface area is 155 Å². The maximum atomic E-state index is 13.6. The molecule has 1 aliphatic carbocycles. The van der Waals surface area contributed by atoms with E-state index < -0.39 is 5.82 Å². The average Bonchev–Trinajstić information content (AvgIpc) is 3.10. The fourth-order valence-corrected chi connectivity index (χ4v) is 4.43. The Balaban J connectivity index is 1.41. The molecule has 2 saturated heterocycles. The van der Waals surface area contributed by atoms with Crippen LogP contribution in [0.25, 0.3) is 0 Å². The van der Waals surface area contributed by atoms with Crippen LogP contribution in [0, 0.1) is 11.7 Å². The van der Waals surface area contributed by atoms with Gasteiger partial charge >= 0.3 is 0 Å². The summed E-state index contributed by atoms with van der Waals surface area (Å²) in [5.74, 6) is 0.114. The molecule has 3 aliphatic rings. The zero-order valence-corrected chi connectivity index (χ0v) is 15.4. The number of rotatable bonds is 5. The first-order valence-corrected chi connectivity index (χ1v) is 9.37. The lowest BCUT2D eigenvalue weighted by molar-refractivity contribution is 0.0798. The van der Waals surface area contributed by atoms with Crippen LogP contribution in [0.15, 0.2) is 53.0 Å². The van der Waals surface area contributed by atoms with Gasteiger partial charge in [-0.3, -0.25) is 9.69 Å². The molecule has 2 aromatic carbocycles. The molecule has 2 aliphatic heterocycles. The highest BCUT2D eigenvalue weighted by molar-refractivity contribution is 9.10. The Bertz CT molecular complexity index is 790. The van der Waals surface area contributed by atoms with Crippen molar-refractivity contribution in [2.45, 2.75) is 24.9 Å². The van der Waals surface area contributed by atoms with Crippen LogP contribution in [0.3, 0.4) is 0 Å². The fourth-order valence-electron chi connectivity index (χ4n) is 4.18. The zero-order chi connectivity index (χ0) is 17.4. The van der Waals surface area contributed by atoms with Crippen LogP contribution >= 0.6 is 15.9 Å². The monoisotopic (exact) mass is 402 g/mol. The summed E-state index contributed by atoms with van der Waals surface area (Å²) >= 11 is 3.11. The molecule has 5 rings (SSSR count). The van der Waals surface area contributed by atoms with E-state index in [0.29, 0.717) is 16.6 Å². The lowest BCUT2D eigenvalue weighted by atomic mass is 9.73. The maximum absolute atomic E-state index is 13.6. The summed E-state index contributed by atoms with van der Waals surface area (Å²) in [7, 11) is 0. The number of fused-ring (bicyclic) bond motifs is 1. The molecule has 3 nitrogen and oxygen atoms in total. The van der Waals surface area contributed by atoms with Gasteiger partial charge in [-0.05, 0) is 58.5 Å². The van der Waals surface area contributed by atoms with E-state index in [2.05, 4.69) is 50.4 Å². The van der Waals surface area contributed by atoms with Gasteiger partial charge in [0.1, 0.15) is 5.82 Å². The first kappa shape index (κ1) is 16.7. The number of nitrogens with one attached hydrogen (secondary N) is 1. The number of benzene rings is 2. The highest BCUT2D eigenvalue weighted by Crippen LogP contribution is 2.50. The second kappa shape index (κ2) is 6.54. The minimum absolute atomic E-state index is 0.0596. The van der Waals surface area contributed by atoms with Gasteiger partial charge in [-0.15, -0.1) is 0 Å². The van der Waals surface area contributed by atoms with Crippen LogP contribution < -0.4 is 5.32 Å². The molecular weight excluding hydrogens is 383 g/mol. The number of halogens is 2. The Morgan fingerprint density at radius 3 is 2.72 bits per heavy atom. The molecule has 0 unspecified atom stereocenters. The molecule has 2 bridgehead atoms. The van der Waals surface area contributed by atoms with E-state index in [1.54, 1.807) is 12.1 Å². The second-order valence-electron chi connectivity index (χ2n) is 7.18. The van der Waals surface area contributed by atoms with E-state index in [1.165, 1.54) is 11.6 Å². The van der Waals surface area contributed by atoms with Gasteiger partial charge < -0.3 is 5.32 Å². The largest absolute Gasteiger partial charge is 0.350 e. The summed E-state index contributed by atoms with van der Waals surface area (Å²) < 4.78 is 14.0. The maximum Gasteiger partial charge on any atom is 0.251 e. The van der Waals surface area contributed by atoms with Crippen molar-refractivity contribution < 1.29 is 9.18 Å². The van der Waals surface area contributed by atoms with Gasteiger partial charge in [-0.1, -0.05) is 30.3 Å². The second-order valence-corrected chi connectivity index (χ2v) is 8.03. The van der Waals surface area contributed by atoms with Crippen molar-refractivity contribution in [3.05, 3.63) is 69.9 Å². The molecule has 3 fully saturated rings. The molecule has 1 saturated carbocycles. The molecule has 0 radical (unpaired) electrons. The van der Waals surface area contributed by atoms with Crippen LogP contribution in [-0.4, -0.2) is 29.4 Å². The number of carbonyl (C=O) groups excluding carboxylic acids is 1. The molecule has 1 N–H and O–H groups in total. The first-order valence-electron chi connectivity index (χ1n) is 8.58. The number of hydrogen-bond acceptors (Lipinski definition) is 2. The highest BCUT2D eigenvalue weighted by Gasteiger charge is 2.55. The first-order chi connectivity index (χ1) is 12.1. The van der Waals surface area contributed by atoms with E-state index in [1.807, 2.05) is 6.07 Å². The molecule has 2 heterocycles. The number of hydrogen-bond donors (Lipinski definition) is 1. The van der Waals surface area contributed by atoms with Crippen molar-refractivity contribution in [1.82, 2.24) is 10.2 Å². The van der Waals surface area contributed by atoms with E-state index in [-0.39, 0.29) is 11.4 Å². The molecule has 0 spiro atoms. The summed E-state index contributed by atoms with van der Waals surface area (Å²) in [6, 6.07) is 14.9. The molecular formula is C20H20BrFN2O. The van der Waals surface area contributed by atoms with Gasteiger partial charge in [-0.25, -0.2) is 4.39 Å². The van der Waals surface area contributed by atoms with E-state index in [9.17, 15) is 9.18 Å². The number of carbonyl (C=O) groups is 1. The average molecular weight is 403 g/mol. The van der Waals surface area contributed by atoms with Gasteiger partial charge in [0.05, 0.1) is 4.47 Å². The number of amides is 1. The SMILES string of the molecule is O=C(NCC12CC(CN1Cc1ccccc1)C2)c1ccc(Br)c(F)c1. The quantitative estimate of drug-likeness (QED) is 0.819. The van der Waals surface area contributed by atoms with Crippen molar-refractivity contribution in [1.29, 1.82) is 0 Å². The smallest absolute Gasteiger partial charge is 0.251 e. The Kier molecular flexibility index (Phi) is 4.38. The third-order valence-electron chi connectivity index (χ3n) is 5.46. The minimum Gasteiger partial charge on any atom is -0.350 e. The van der Waals surface area contributed by atoms with E-state index in [0.717, 1.165) is 31.8 Å². The van der Waals surface area contributed by atoms with Crippen molar-refractivity contribution in [2.24, 2.45) is 5.92 Å². The summed E-state index contributed by atoms with van der Waals surface area (Å²) in [6.07, 6.45) is 2.27. The summed E-state index contributed by atoms with van der Waals surface area (Å²) in [6.45, 7) is 2.63. The Morgan fingerprint density at radius 1 is 1.24 bits per heavy atom. The lowest BCUT2D eigenvalue weighted by Gasteiger charge is -2.42. The van der Waals surface area contributed by atoms with Crippen LogP contribution in [0.1, 0.15) is 28.8 Å². The molecule has 2 aromatic rings. The van der Waals surface area contributed by atoms with E-state index >= 15 is 0 Å². The molecule has 5 heteroatoms.